The third kappa shape index (κ3) is 6.76. The molecule has 8 nitrogen and oxygen atoms in total. The molecule has 3 heterocycles. The Balaban J connectivity index is 1.91. The summed E-state index contributed by atoms with van der Waals surface area (Å²) in [6, 6.07) is 4.90. The molecule has 0 aromatic carbocycles. The first-order valence-corrected chi connectivity index (χ1v) is 12.3. The van der Waals surface area contributed by atoms with Crippen molar-refractivity contribution in [1.82, 2.24) is 9.97 Å². The lowest BCUT2D eigenvalue weighted by molar-refractivity contribution is -0.0795. The van der Waals surface area contributed by atoms with Crippen LogP contribution < -0.4 is 11.1 Å². The normalized spacial score (nSPS) is 22.9. The predicted octanol–water partition coefficient (Wildman–Crippen LogP) is 3.84. The van der Waals surface area contributed by atoms with Gasteiger partial charge in [-0.05, 0) is 31.4 Å². The minimum absolute atomic E-state index is 0.266. The number of nitrogens with one attached hydrogen (secondary N) is 2. The van der Waals surface area contributed by atoms with Crippen LogP contribution in [0.4, 0.5) is 0 Å². The molecule has 8 heteroatoms. The fourth-order valence-electron chi connectivity index (χ4n) is 4.01. The lowest BCUT2D eigenvalue weighted by Gasteiger charge is -2.25. The smallest absolute Gasteiger partial charge is 0.255 e. The van der Waals surface area contributed by atoms with E-state index in [2.05, 4.69) is 30.7 Å². The van der Waals surface area contributed by atoms with Gasteiger partial charge < -0.3 is 28.9 Å². The highest BCUT2D eigenvalue weighted by Crippen LogP contribution is 2.37. The maximum atomic E-state index is 13.0. The van der Waals surface area contributed by atoms with E-state index in [1.54, 1.807) is 12.1 Å². The van der Waals surface area contributed by atoms with Crippen LogP contribution in [-0.4, -0.2) is 54.7 Å². The molecule has 0 amide bonds. The molecule has 0 aliphatic carbocycles. The number of aromatic amines is 2. The number of rotatable bonds is 14. The second kappa shape index (κ2) is 13.0. The monoisotopic (exact) mass is 462 g/mol. The van der Waals surface area contributed by atoms with E-state index in [0.29, 0.717) is 37.6 Å². The van der Waals surface area contributed by atoms with Gasteiger partial charge in [0.15, 0.2) is 0 Å². The number of unbranched alkanes of at least 4 members (excludes halogenated alkanes) is 3. The van der Waals surface area contributed by atoms with E-state index in [1.807, 2.05) is 0 Å². The van der Waals surface area contributed by atoms with Gasteiger partial charge in [0.2, 0.25) is 5.56 Å². The second-order valence-corrected chi connectivity index (χ2v) is 8.61. The fraction of sp³-hybridized carbons (Fsp3) is 0.680. The van der Waals surface area contributed by atoms with Crippen molar-refractivity contribution in [3.05, 3.63) is 44.5 Å². The van der Waals surface area contributed by atoms with Crippen molar-refractivity contribution < 1.29 is 18.9 Å². The molecule has 4 atom stereocenters. The zero-order valence-corrected chi connectivity index (χ0v) is 20.1. The molecular formula is C25H38N2O6. The zero-order chi connectivity index (χ0) is 23.6. The molecule has 2 aromatic heterocycles. The number of H-pyrrole nitrogens is 2. The van der Waals surface area contributed by atoms with E-state index in [-0.39, 0.29) is 23.3 Å². The molecule has 33 heavy (non-hydrogen) atoms. The summed E-state index contributed by atoms with van der Waals surface area (Å²) in [7, 11) is 0. The van der Waals surface area contributed by atoms with Crippen molar-refractivity contribution in [2.24, 2.45) is 0 Å². The molecule has 1 saturated heterocycles. The van der Waals surface area contributed by atoms with Gasteiger partial charge in [0.25, 0.3) is 5.56 Å². The van der Waals surface area contributed by atoms with Crippen LogP contribution in [0.15, 0.2) is 27.8 Å². The molecule has 2 aromatic rings. The van der Waals surface area contributed by atoms with Gasteiger partial charge >= 0.3 is 0 Å². The number of pyridine rings is 2. The van der Waals surface area contributed by atoms with Crippen molar-refractivity contribution in [2.45, 2.75) is 83.7 Å². The standard InChI is InChI=1S/C25H38N2O6/c1-4-7-12-30-16-19-22(31-13-8-5-2)23(32-14-9-6-3)21(33-19)18-15-17-10-11-20(28)26-24(17)27-25(18)29/h10-11,15,19,21-23H,4-9,12-14,16H2,1-3H3,(H2,26,27,28,29)/t19-,21+,22?,23-/m1/s1. The van der Waals surface area contributed by atoms with E-state index in [0.717, 1.165) is 43.9 Å². The minimum Gasteiger partial charge on any atom is -0.379 e. The van der Waals surface area contributed by atoms with Crippen LogP contribution in [0.5, 0.6) is 0 Å². The van der Waals surface area contributed by atoms with Gasteiger partial charge in [-0.2, -0.15) is 0 Å². The quantitative estimate of drug-likeness (QED) is 0.414. The summed E-state index contributed by atoms with van der Waals surface area (Å²) >= 11 is 0. The second-order valence-electron chi connectivity index (χ2n) is 8.61. The number of aromatic nitrogens is 2. The van der Waals surface area contributed by atoms with Gasteiger partial charge in [-0.25, -0.2) is 0 Å². The van der Waals surface area contributed by atoms with E-state index in [9.17, 15) is 9.59 Å². The van der Waals surface area contributed by atoms with Gasteiger partial charge in [0, 0.05) is 36.8 Å². The van der Waals surface area contributed by atoms with Crippen molar-refractivity contribution in [1.29, 1.82) is 0 Å². The lowest BCUT2D eigenvalue weighted by Crippen LogP contribution is -2.39. The van der Waals surface area contributed by atoms with Crippen LogP contribution in [0.3, 0.4) is 0 Å². The van der Waals surface area contributed by atoms with Crippen LogP contribution in [0.1, 0.15) is 71.0 Å². The topological polar surface area (TPSA) is 103 Å². The van der Waals surface area contributed by atoms with Crippen LogP contribution in [0.2, 0.25) is 0 Å². The van der Waals surface area contributed by atoms with E-state index < -0.39 is 12.2 Å². The Bertz CT molecular complexity index is 971. The highest BCUT2D eigenvalue weighted by molar-refractivity contribution is 5.74. The number of hydrogen-bond acceptors (Lipinski definition) is 6. The summed E-state index contributed by atoms with van der Waals surface area (Å²) in [5.41, 5.74) is 0.292. The summed E-state index contributed by atoms with van der Waals surface area (Å²) in [6.07, 6.45) is 4.26. The Morgan fingerprint density at radius 3 is 2.24 bits per heavy atom. The molecule has 1 aliphatic rings. The molecule has 1 unspecified atom stereocenters. The van der Waals surface area contributed by atoms with Gasteiger partial charge in [-0.1, -0.05) is 40.0 Å². The molecular weight excluding hydrogens is 424 g/mol. The Morgan fingerprint density at radius 1 is 0.879 bits per heavy atom. The maximum absolute atomic E-state index is 13.0. The van der Waals surface area contributed by atoms with Crippen LogP contribution >= 0.6 is 0 Å². The Labute approximate surface area is 195 Å². The van der Waals surface area contributed by atoms with Gasteiger partial charge in [0.1, 0.15) is 30.1 Å². The first kappa shape index (κ1) is 25.6. The van der Waals surface area contributed by atoms with Crippen molar-refractivity contribution in [2.75, 3.05) is 26.4 Å². The highest BCUT2D eigenvalue weighted by atomic mass is 16.6. The SMILES string of the molecule is CCCCOC[C@H]1O[C@@H](c2cc3ccc(=O)[nH]c3[nH]c2=O)[C@@H](OCCCC)C1OCCCC. The fourth-order valence-corrected chi connectivity index (χ4v) is 4.01. The first-order valence-electron chi connectivity index (χ1n) is 12.3. The van der Waals surface area contributed by atoms with Crippen molar-refractivity contribution >= 4 is 11.0 Å². The molecule has 0 bridgehead atoms. The molecule has 2 N–H and O–H groups in total. The molecule has 1 fully saturated rings. The molecule has 1 aliphatic heterocycles. The third-order valence-electron chi connectivity index (χ3n) is 5.92. The number of fused-ring (bicyclic) bond motifs is 1. The average molecular weight is 463 g/mol. The Hall–Kier alpha value is -2.00. The number of hydrogen-bond donors (Lipinski definition) is 2. The summed E-state index contributed by atoms with van der Waals surface area (Å²) < 4.78 is 24.8. The van der Waals surface area contributed by atoms with Crippen LogP contribution in [0.25, 0.3) is 11.0 Å². The van der Waals surface area contributed by atoms with Crippen molar-refractivity contribution in [3.8, 4) is 0 Å². The van der Waals surface area contributed by atoms with Crippen LogP contribution in [0, 0.1) is 0 Å². The minimum atomic E-state index is -0.590. The third-order valence-corrected chi connectivity index (χ3v) is 5.92. The number of ether oxygens (including phenoxy) is 4. The summed E-state index contributed by atoms with van der Waals surface area (Å²) in [5.74, 6) is 0. The maximum Gasteiger partial charge on any atom is 0.255 e. The predicted molar refractivity (Wildman–Crippen MR) is 128 cm³/mol. The first-order chi connectivity index (χ1) is 16.1. The van der Waals surface area contributed by atoms with Crippen molar-refractivity contribution in [3.63, 3.8) is 0 Å². The average Bonchev–Trinajstić information content (AvgIpc) is 3.13. The Morgan fingerprint density at radius 2 is 1.55 bits per heavy atom. The van der Waals surface area contributed by atoms with Gasteiger partial charge in [-0.3, -0.25) is 9.59 Å². The molecule has 184 valence electrons. The van der Waals surface area contributed by atoms with E-state index in [4.69, 9.17) is 18.9 Å². The lowest BCUT2D eigenvalue weighted by atomic mass is 10.0. The van der Waals surface area contributed by atoms with E-state index >= 15 is 0 Å². The van der Waals surface area contributed by atoms with Gasteiger partial charge in [-0.15, -0.1) is 0 Å². The molecule has 0 spiro atoms. The molecule has 0 radical (unpaired) electrons. The summed E-state index contributed by atoms with van der Waals surface area (Å²) in [5, 5.41) is 0.728. The van der Waals surface area contributed by atoms with E-state index in [1.165, 1.54) is 6.07 Å². The molecule has 0 saturated carbocycles. The summed E-state index contributed by atoms with van der Waals surface area (Å²) in [4.78, 5) is 30.1. The molecule has 3 rings (SSSR count). The van der Waals surface area contributed by atoms with Gasteiger partial charge in [0.05, 0.1) is 6.61 Å². The van der Waals surface area contributed by atoms with Crippen LogP contribution in [-0.2, 0) is 18.9 Å². The zero-order valence-electron chi connectivity index (χ0n) is 20.1. The highest BCUT2D eigenvalue weighted by Gasteiger charge is 2.47. The summed E-state index contributed by atoms with van der Waals surface area (Å²) in [6.45, 7) is 8.58. The Kier molecular flexibility index (Phi) is 10.1. The largest absolute Gasteiger partial charge is 0.379 e.